The van der Waals surface area contributed by atoms with E-state index in [0.717, 1.165) is 16.6 Å². The number of hydrogen-bond donors (Lipinski definition) is 2. The molecular formula is C16H13FN2O. The lowest BCUT2D eigenvalue weighted by molar-refractivity contribution is -0.115. The van der Waals surface area contributed by atoms with Crippen molar-refractivity contribution in [3.8, 4) is 0 Å². The van der Waals surface area contributed by atoms with E-state index < -0.39 is 0 Å². The molecule has 20 heavy (non-hydrogen) atoms. The topological polar surface area (TPSA) is 44.9 Å². The van der Waals surface area contributed by atoms with E-state index in [0.29, 0.717) is 5.52 Å². The molecule has 100 valence electrons. The van der Waals surface area contributed by atoms with Gasteiger partial charge < -0.3 is 10.3 Å². The lowest BCUT2D eigenvalue weighted by Crippen LogP contribution is -2.13. The summed E-state index contributed by atoms with van der Waals surface area (Å²) in [7, 11) is 0. The Labute approximate surface area is 115 Å². The van der Waals surface area contributed by atoms with Gasteiger partial charge in [-0.2, -0.15) is 0 Å². The van der Waals surface area contributed by atoms with Gasteiger partial charge in [-0.1, -0.05) is 30.3 Å². The minimum Gasteiger partial charge on any atom is -0.359 e. The number of carbonyl (C=O) groups is 1. The maximum Gasteiger partial charge on any atom is 0.228 e. The number of para-hydroxylation sites is 2. The fourth-order valence-corrected chi connectivity index (χ4v) is 2.22. The van der Waals surface area contributed by atoms with Crippen LogP contribution in [0, 0.1) is 5.82 Å². The van der Waals surface area contributed by atoms with Crippen LogP contribution in [0.2, 0.25) is 0 Å². The molecule has 0 saturated heterocycles. The van der Waals surface area contributed by atoms with Crippen LogP contribution in [0.5, 0.6) is 0 Å². The second kappa shape index (κ2) is 5.17. The molecule has 0 aliphatic carbocycles. The molecule has 0 aliphatic heterocycles. The van der Waals surface area contributed by atoms with E-state index in [1.54, 1.807) is 18.3 Å². The lowest BCUT2D eigenvalue weighted by atomic mass is 10.1. The van der Waals surface area contributed by atoms with Gasteiger partial charge in [0.05, 0.1) is 11.9 Å². The molecule has 3 rings (SSSR count). The average molecular weight is 268 g/mol. The van der Waals surface area contributed by atoms with Crippen LogP contribution in [-0.2, 0) is 11.2 Å². The maximum atomic E-state index is 13.6. The van der Waals surface area contributed by atoms with Gasteiger partial charge in [-0.3, -0.25) is 4.79 Å². The Bertz CT molecular complexity index is 750. The Morgan fingerprint density at radius 1 is 1.10 bits per heavy atom. The first kappa shape index (κ1) is 12.4. The van der Waals surface area contributed by atoms with Crippen molar-refractivity contribution < 1.29 is 9.18 Å². The Balaban J connectivity index is 1.80. The number of fused-ring (bicyclic) bond motifs is 1. The highest BCUT2D eigenvalue weighted by Gasteiger charge is 2.11. The molecule has 3 aromatic rings. The zero-order valence-electron chi connectivity index (χ0n) is 10.7. The molecule has 0 unspecified atom stereocenters. The van der Waals surface area contributed by atoms with Gasteiger partial charge in [-0.25, -0.2) is 4.39 Å². The number of anilines is 1. The number of rotatable bonds is 3. The number of amides is 1. The Morgan fingerprint density at radius 3 is 2.70 bits per heavy atom. The minimum absolute atomic E-state index is 0.124. The summed E-state index contributed by atoms with van der Waals surface area (Å²) < 4.78 is 13.6. The first-order chi connectivity index (χ1) is 9.74. The molecule has 0 bridgehead atoms. The van der Waals surface area contributed by atoms with Crippen LogP contribution in [0.4, 0.5) is 10.1 Å². The van der Waals surface area contributed by atoms with Gasteiger partial charge in [0.15, 0.2) is 0 Å². The number of benzene rings is 2. The summed E-state index contributed by atoms with van der Waals surface area (Å²) in [5.74, 6) is -0.432. The van der Waals surface area contributed by atoms with Crippen molar-refractivity contribution in [1.29, 1.82) is 0 Å². The molecule has 1 amide bonds. The molecule has 0 spiro atoms. The summed E-state index contributed by atoms with van der Waals surface area (Å²) in [5.41, 5.74) is 1.98. The molecule has 1 heterocycles. The van der Waals surface area contributed by atoms with Gasteiger partial charge >= 0.3 is 0 Å². The zero-order chi connectivity index (χ0) is 13.9. The van der Waals surface area contributed by atoms with Gasteiger partial charge in [0.2, 0.25) is 5.91 Å². The largest absolute Gasteiger partial charge is 0.359 e. The van der Waals surface area contributed by atoms with Gasteiger partial charge in [0.1, 0.15) is 5.82 Å². The fourth-order valence-electron chi connectivity index (χ4n) is 2.22. The van der Waals surface area contributed by atoms with E-state index >= 15 is 0 Å². The lowest BCUT2D eigenvalue weighted by Gasteiger charge is -2.04. The molecule has 0 saturated carbocycles. The third-order valence-electron chi connectivity index (χ3n) is 3.16. The molecule has 4 heteroatoms. The van der Waals surface area contributed by atoms with Crippen LogP contribution in [0.25, 0.3) is 10.9 Å². The predicted octanol–water partition coefficient (Wildman–Crippen LogP) is 3.49. The van der Waals surface area contributed by atoms with Crippen molar-refractivity contribution >= 4 is 22.5 Å². The van der Waals surface area contributed by atoms with E-state index in [-0.39, 0.29) is 18.1 Å². The molecular weight excluding hydrogens is 255 g/mol. The molecule has 2 N–H and O–H groups in total. The van der Waals surface area contributed by atoms with Gasteiger partial charge in [-0.15, -0.1) is 0 Å². The highest BCUT2D eigenvalue weighted by atomic mass is 19.1. The molecule has 0 aliphatic rings. The molecule has 3 nitrogen and oxygen atoms in total. The summed E-state index contributed by atoms with van der Waals surface area (Å²) in [6, 6.07) is 14.1. The number of halogens is 1. The number of aromatic nitrogens is 1. The smallest absolute Gasteiger partial charge is 0.228 e. The van der Waals surface area contributed by atoms with E-state index in [2.05, 4.69) is 10.3 Å². The number of aromatic amines is 1. The number of nitrogens with one attached hydrogen (secondary N) is 2. The summed E-state index contributed by atoms with van der Waals surface area (Å²) in [5, 5.41) is 3.56. The quantitative estimate of drug-likeness (QED) is 0.750. The third kappa shape index (κ3) is 2.40. The Morgan fingerprint density at radius 2 is 1.90 bits per heavy atom. The van der Waals surface area contributed by atoms with Crippen molar-refractivity contribution in [1.82, 2.24) is 4.98 Å². The monoisotopic (exact) mass is 268 g/mol. The Hall–Kier alpha value is -2.62. The first-order valence-corrected chi connectivity index (χ1v) is 6.33. The minimum atomic E-state index is -0.308. The molecule has 0 radical (unpaired) electrons. The maximum absolute atomic E-state index is 13.6. The van der Waals surface area contributed by atoms with E-state index in [4.69, 9.17) is 0 Å². The Kier molecular flexibility index (Phi) is 3.21. The third-order valence-corrected chi connectivity index (χ3v) is 3.16. The van der Waals surface area contributed by atoms with Crippen LogP contribution >= 0.6 is 0 Å². The van der Waals surface area contributed by atoms with E-state index in [1.807, 2.05) is 30.3 Å². The van der Waals surface area contributed by atoms with Crippen molar-refractivity contribution in [2.75, 3.05) is 5.32 Å². The summed E-state index contributed by atoms with van der Waals surface area (Å²) >= 11 is 0. The molecule has 0 atom stereocenters. The second-order valence-corrected chi connectivity index (χ2v) is 4.57. The summed E-state index contributed by atoms with van der Waals surface area (Å²) in [6.07, 6.45) is 1.89. The summed E-state index contributed by atoms with van der Waals surface area (Å²) in [6.45, 7) is 0. The molecule has 0 fully saturated rings. The van der Waals surface area contributed by atoms with Crippen LogP contribution < -0.4 is 5.32 Å². The predicted molar refractivity (Wildman–Crippen MR) is 77.0 cm³/mol. The van der Waals surface area contributed by atoms with E-state index in [1.165, 1.54) is 6.07 Å². The number of H-pyrrole nitrogens is 1. The number of carbonyl (C=O) groups excluding carboxylic acids is 1. The highest BCUT2D eigenvalue weighted by molar-refractivity contribution is 5.95. The van der Waals surface area contributed by atoms with E-state index in [9.17, 15) is 9.18 Å². The van der Waals surface area contributed by atoms with Crippen LogP contribution in [-0.4, -0.2) is 10.9 Å². The fraction of sp³-hybridized carbons (Fsp3) is 0.0625. The van der Waals surface area contributed by atoms with Crippen molar-refractivity contribution in [3.63, 3.8) is 0 Å². The van der Waals surface area contributed by atoms with Gasteiger partial charge in [0, 0.05) is 17.3 Å². The normalized spacial score (nSPS) is 10.7. The van der Waals surface area contributed by atoms with Crippen LogP contribution in [0.3, 0.4) is 0 Å². The standard InChI is InChI=1S/C16H13FN2O/c17-14-8-4-7-13-11(10-18-16(13)14)9-15(20)19-12-5-2-1-3-6-12/h1-8,10,18H,9H2,(H,19,20). The van der Waals surface area contributed by atoms with Crippen molar-refractivity contribution in [3.05, 3.63) is 66.1 Å². The average Bonchev–Trinajstić information content (AvgIpc) is 2.84. The van der Waals surface area contributed by atoms with Crippen LogP contribution in [0.15, 0.2) is 54.7 Å². The van der Waals surface area contributed by atoms with Crippen molar-refractivity contribution in [2.24, 2.45) is 0 Å². The number of hydrogen-bond acceptors (Lipinski definition) is 1. The van der Waals surface area contributed by atoms with Crippen molar-refractivity contribution in [2.45, 2.75) is 6.42 Å². The second-order valence-electron chi connectivity index (χ2n) is 4.57. The SMILES string of the molecule is O=C(Cc1c[nH]c2c(F)cccc12)Nc1ccccc1. The molecule has 2 aromatic carbocycles. The first-order valence-electron chi connectivity index (χ1n) is 6.33. The summed E-state index contributed by atoms with van der Waals surface area (Å²) in [4.78, 5) is 14.9. The molecule has 1 aromatic heterocycles. The zero-order valence-corrected chi connectivity index (χ0v) is 10.7. The van der Waals surface area contributed by atoms with Crippen LogP contribution in [0.1, 0.15) is 5.56 Å². The van der Waals surface area contributed by atoms with Gasteiger partial charge in [-0.05, 0) is 23.8 Å². The highest BCUT2D eigenvalue weighted by Crippen LogP contribution is 2.21. The van der Waals surface area contributed by atoms with Gasteiger partial charge in [0.25, 0.3) is 0 Å².